The number of nitrogens with one attached hydrogen (secondary N) is 1. The summed E-state index contributed by atoms with van der Waals surface area (Å²) in [5.74, 6) is -0.674. The van der Waals surface area contributed by atoms with Crippen LogP contribution in [0.2, 0.25) is 0 Å². The van der Waals surface area contributed by atoms with Crippen molar-refractivity contribution in [2.45, 2.75) is 58.2 Å². The number of rotatable bonds is 5. The second-order valence-electron chi connectivity index (χ2n) is 5.42. The van der Waals surface area contributed by atoms with Crippen molar-refractivity contribution in [2.75, 3.05) is 6.61 Å². The summed E-state index contributed by atoms with van der Waals surface area (Å²) in [6.45, 7) is 3.62. The molecule has 5 nitrogen and oxygen atoms in total. The van der Waals surface area contributed by atoms with Crippen molar-refractivity contribution in [3.05, 3.63) is 0 Å². The standard InChI is InChI=1S/C6H8ClF3O2.C6H10F3NO2/c1-5(2,6(8,9)10)12-3-4(7)11;1-4(11)10-12-5(2,3)6(7,8)9/h3H2,1-2H3;1-3H3,(H,10,11). The number of hydrogen-bond acceptors (Lipinski definition) is 4. The lowest BCUT2D eigenvalue weighted by Gasteiger charge is -2.26. The van der Waals surface area contributed by atoms with Crippen molar-refractivity contribution in [3.63, 3.8) is 0 Å². The number of carbonyl (C=O) groups excluding carboxylic acids is 2. The SMILES string of the molecule is CC(=O)NOC(C)(C)C(F)(F)F.CC(C)(OCC(=O)Cl)C(F)(F)F. The van der Waals surface area contributed by atoms with Gasteiger partial charge in [0.2, 0.25) is 11.1 Å². The minimum Gasteiger partial charge on any atom is -0.357 e. The van der Waals surface area contributed by atoms with E-state index in [0.29, 0.717) is 0 Å². The zero-order valence-electron chi connectivity index (χ0n) is 13.5. The highest BCUT2D eigenvalue weighted by molar-refractivity contribution is 6.63. The van der Waals surface area contributed by atoms with Crippen LogP contribution in [0.4, 0.5) is 26.3 Å². The topological polar surface area (TPSA) is 64.6 Å². The fourth-order valence-corrected chi connectivity index (χ4v) is 0.631. The van der Waals surface area contributed by atoms with Crippen LogP contribution in [0.1, 0.15) is 34.6 Å². The highest BCUT2D eigenvalue weighted by Crippen LogP contribution is 2.33. The lowest BCUT2D eigenvalue weighted by atomic mass is 10.1. The maximum atomic E-state index is 12.0. The summed E-state index contributed by atoms with van der Waals surface area (Å²) in [5, 5.41) is -0.952. The maximum Gasteiger partial charge on any atom is 0.419 e. The number of hydroxylamine groups is 1. The second-order valence-corrected chi connectivity index (χ2v) is 5.84. The number of hydrogen-bond donors (Lipinski definition) is 1. The summed E-state index contributed by atoms with van der Waals surface area (Å²) in [6.07, 6.45) is -9.01. The first kappa shape index (κ1) is 25.2. The molecule has 12 heteroatoms. The normalized spacial score (nSPS) is 13.0. The fourth-order valence-electron chi connectivity index (χ4n) is 0.576. The monoisotopic (exact) mass is 389 g/mol. The van der Waals surface area contributed by atoms with Crippen LogP contribution >= 0.6 is 11.6 Å². The van der Waals surface area contributed by atoms with Gasteiger partial charge in [-0.2, -0.15) is 26.3 Å². The predicted molar refractivity (Wildman–Crippen MR) is 72.0 cm³/mol. The summed E-state index contributed by atoms with van der Waals surface area (Å²) < 4.78 is 76.3. The van der Waals surface area contributed by atoms with Crippen LogP contribution in [0, 0.1) is 0 Å². The molecule has 0 saturated carbocycles. The molecule has 0 aliphatic rings. The first-order valence-corrected chi connectivity index (χ1v) is 6.61. The van der Waals surface area contributed by atoms with Crippen molar-refractivity contribution in [3.8, 4) is 0 Å². The highest BCUT2D eigenvalue weighted by Gasteiger charge is 2.50. The van der Waals surface area contributed by atoms with Crippen molar-refractivity contribution in [2.24, 2.45) is 0 Å². The van der Waals surface area contributed by atoms with Gasteiger partial charge in [-0.05, 0) is 39.3 Å². The number of ether oxygens (including phenoxy) is 1. The molecule has 0 bridgehead atoms. The minimum atomic E-state index is -4.50. The van der Waals surface area contributed by atoms with Crippen LogP contribution in [0.15, 0.2) is 0 Å². The number of alkyl halides is 6. The van der Waals surface area contributed by atoms with Crippen LogP contribution in [-0.2, 0) is 19.2 Å². The van der Waals surface area contributed by atoms with Crippen molar-refractivity contribution < 1.29 is 45.5 Å². The molecule has 144 valence electrons. The number of carbonyl (C=O) groups is 2. The molecule has 0 spiro atoms. The van der Waals surface area contributed by atoms with Crippen molar-refractivity contribution in [1.82, 2.24) is 5.48 Å². The average molecular weight is 390 g/mol. The Bertz CT molecular complexity index is 394. The molecule has 0 aliphatic carbocycles. The lowest BCUT2D eigenvalue weighted by molar-refractivity contribution is -0.279. The van der Waals surface area contributed by atoms with Gasteiger partial charge >= 0.3 is 12.4 Å². The Morgan fingerprint density at radius 2 is 1.29 bits per heavy atom. The molecule has 0 atom stereocenters. The van der Waals surface area contributed by atoms with E-state index in [9.17, 15) is 35.9 Å². The van der Waals surface area contributed by atoms with Gasteiger partial charge in [0.15, 0.2) is 11.2 Å². The molecule has 0 saturated heterocycles. The first-order valence-electron chi connectivity index (χ1n) is 6.24. The van der Waals surface area contributed by atoms with Gasteiger partial charge in [0.25, 0.3) is 0 Å². The third-order valence-electron chi connectivity index (χ3n) is 2.36. The van der Waals surface area contributed by atoms with Gasteiger partial charge in [0.1, 0.15) is 6.61 Å². The summed E-state index contributed by atoms with van der Waals surface area (Å²) in [4.78, 5) is 24.4. The summed E-state index contributed by atoms with van der Waals surface area (Å²) in [5.41, 5.74) is -3.06. The Balaban J connectivity index is 0. The smallest absolute Gasteiger partial charge is 0.357 e. The van der Waals surface area contributed by atoms with E-state index in [-0.39, 0.29) is 0 Å². The van der Waals surface area contributed by atoms with Gasteiger partial charge < -0.3 is 4.74 Å². The van der Waals surface area contributed by atoms with Crippen LogP contribution < -0.4 is 5.48 Å². The lowest BCUT2D eigenvalue weighted by Crippen LogP contribution is -2.46. The Labute approximate surface area is 139 Å². The fraction of sp³-hybridized carbons (Fsp3) is 0.833. The van der Waals surface area contributed by atoms with E-state index in [1.807, 2.05) is 0 Å². The zero-order valence-corrected chi connectivity index (χ0v) is 14.2. The molecule has 1 N–H and O–H groups in total. The van der Waals surface area contributed by atoms with E-state index in [2.05, 4.69) is 9.57 Å². The van der Waals surface area contributed by atoms with Crippen molar-refractivity contribution in [1.29, 1.82) is 0 Å². The van der Waals surface area contributed by atoms with Crippen LogP contribution in [-0.4, -0.2) is 41.3 Å². The molecule has 0 aliphatic heterocycles. The molecule has 24 heavy (non-hydrogen) atoms. The van der Waals surface area contributed by atoms with E-state index in [1.165, 1.54) is 0 Å². The quantitative estimate of drug-likeness (QED) is 0.444. The summed E-state index contributed by atoms with van der Waals surface area (Å²) in [6, 6.07) is 0. The zero-order chi connectivity index (χ0) is 20.0. The second kappa shape index (κ2) is 8.86. The predicted octanol–water partition coefficient (Wildman–Crippen LogP) is 3.50. The minimum absolute atomic E-state index is 0.674. The van der Waals surface area contributed by atoms with Gasteiger partial charge in [-0.1, -0.05) is 0 Å². The summed E-state index contributed by atoms with van der Waals surface area (Å²) >= 11 is 4.80. The molecule has 0 aromatic rings. The molecular weight excluding hydrogens is 372 g/mol. The Hall–Kier alpha value is -1.07. The van der Waals surface area contributed by atoms with Crippen LogP contribution in [0.25, 0.3) is 0 Å². The molecule has 0 aromatic heterocycles. The Morgan fingerprint density at radius 1 is 0.917 bits per heavy atom. The molecule has 0 unspecified atom stereocenters. The third kappa shape index (κ3) is 9.93. The Kier molecular flexibility index (Phi) is 9.29. The van der Waals surface area contributed by atoms with E-state index in [4.69, 9.17) is 11.6 Å². The molecule has 0 aromatic carbocycles. The molecule has 0 heterocycles. The highest BCUT2D eigenvalue weighted by atomic mass is 35.5. The van der Waals surface area contributed by atoms with E-state index in [1.54, 1.807) is 5.48 Å². The molecule has 0 fully saturated rings. The third-order valence-corrected chi connectivity index (χ3v) is 2.47. The Morgan fingerprint density at radius 3 is 1.54 bits per heavy atom. The first-order chi connectivity index (χ1) is 10.3. The van der Waals surface area contributed by atoms with Crippen LogP contribution in [0.5, 0.6) is 0 Å². The van der Waals surface area contributed by atoms with Gasteiger partial charge in [0.05, 0.1) is 0 Å². The van der Waals surface area contributed by atoms with Crippen molar-refractivity contribution >= 4 is 22.8 Å². The molecule has 1 amide bonds. The van der Waals surface area contributed by atoms with Gasteiger partial charge in [-0.3, -0.25) is 14.4 Å². The van der Waals surface area contributed by atoms with Gasteiger partial charge in [-0.15, -0.1) is 0 Å². The van der Waals surface area contributed by atoms with E-state index < -0.39 is 41.3 Å². The maximum absolute atomic E-state index is 12.0. The molecule has 0 rings (SSSR count). The average Bonchev–Trinajstić information content (AvgIpc) is 2.32. The largest absolute Gasteiger partial charge is 0.419 e. The summed E-state index contributed by atoms with van der Waals surface area (Å²) in [7, 11) is 0. The van der Waals surface area contributed by atoms with Gasteiger partial charge in [0, 0.05) is 6.92 Å². The number of halogens is 7. The van der Waals surface area contributed by atoms with E-state index >= 15 is 0 Å². The van der Waals surface area contributed by atoms with Crippen LogP contribution in [0.3, 0.4) is 0 Å². The molecule has 0 radical (unpaired) electrons. The number of amides is 1. The van der Waals surface area contributed by atoms with E-state index in [0.717, 1.165) is 34.6 Å². The molecular formula is C12H18ClF6NO4. The van der Waals surface area contributed by atoms with Gasteiger partial charge in [-0.25, -0.2) is 5.48 Å².